The number of hydrogen-bond acceptors (Lipinski definition) is 3. The zero-order chi connectivity index (χ0) is 11.3. The molecule has 3 heteroatoms. The molecule has 1 N–H and O–H groups in total. The van der Waals surface area contributed by atoms with Crippen molar-refractivity contribution >= 4 is 0 Å². The number of methoxy groups -OCH3 is 1. The number of unbranched alkanes of at least 4 members (excludes halogenated alkanes) is 2. The Balaban J connectivity index is 2.53. The van der Waals surface area contributed by atoms with Crippen LogP contribution >= 0.6 is 0 Å². The summed E-state index contributed by atoms with van der Waals surface area (Å²) < 4.78 is 10.6. The average molecular weight is 212 g/mol. The molecule has 0 bridgehead atoms. The molecular weight excluding hydrogens is 192 g/mol. The lowest BCUT2D eigenvalue weighted by molar-refractivity contribution is 0.170. The fraction of sp³-hybridized carbons (Fsp3) is 0.667. The molecule has 0 atom stereocenters. The molecule has 0 aromatic heterocycles. The van der Waals surface area contributed by atoms with Crippen molar-refractivity contribution in [2.24, 2.45) is 0 Å². The van der Waals surface area contributed by atoms with E-state index in [4.69, 9.17) is 9.47 Å². The number of rotatable bonds is 5. The van der Waals surface area contributed by atoms with Crippen molar-refractivity contribution in [2.45, 2.75) is 46.0 Å². The minimum absolute atomic E-state index is 0.313. The molecule has 0 aromatic carbocycles. The summed E-state index contributed by atoms with van der Waals surface area (Å²) in [6.07, 6.45) is 4.68. The number of hydrogen-bond donors (Lipinski definition) is 1. The van der Waals surface area contributed by atoms with Gasteiger partial charge in [0.25, 0.3) is 0 Å². The molecule has 1 rings (SSSR count). The first kappa shape index (κ1) is 12.0. The lowest BCUT2D eigenvalue weighted by atomic mass is 10.1. The standard InChI is InChI=1S/C12H20O3/c1-4-5-6-7-11-10(13)8-12(14-3)9(2)15-11/h13H,4-8H2,1-3H3. The molecule has 1 aliphatic rings. The molecule has 0 amide bonds. The summed E-state index contributed by atoms with van der Waals surface area (Å²) in [5.74, 6) is 2.50. The molecule has 1 heterocycles. The van der Waals surface area contributed by atoms with E-state index in [-0.39, 0.29) is 0 Å². The van der Waals surface area contributed by atoms with Crippen LogP contribution in [0.5, 0.6) is 0 Å². The summed E-state index contributed by atoms with van der Waals surface area (Å²) in [5.41, 5.74) is 0. The highest BCUT2D eigenvalue weighted by Gasteiger charge is 2.19. The van der Waals surface area contributed by atoms with E-state index in [1.54, 1.807) is 7.11 Å². The summed E-state index contributed by atoms with van der Waals surface area (Å²) in [6.45, 7) is 4.02. The van der Waals surface area contributed by atoms with Crippen LogP contribution in [0.4, 0.5) is 0 Å². The average Bonchev–Trinajstić information content (AvgIpc) is 2.23. The summed E-state index contributed by atoms with van der Waals surface area (Å²) in [4.78, 5) is 0. The van der Waals surface area contributed by atoms with E-state index in [1.165, 1.54) is 12.8 Å². The molecule has 0 unspecified atom stereocenters. The van der Waals surface area contributed by atoms with Gasteiger partial charge in [-0.05, 0) is 13.3 Å². The second kappa shape index (κ2) is 5.69. The Morgan fingerprint density at radius 1 is 1.40 bits per heavy atom. The second-order valence-electron chi connectivity index (χ2n) is 3.79. The quantitative estimate of drug-likeness (QED) is 0.707. The normalized spacial score (nSPS) is 16.7. The molecule has 3 nitrogen and oxygen atoms in total. The Bertz CT molecular complexity index is 277. The van der Waals surface area contributed by atoms with Gasteiger partial charge in [0.05, 0.1) is 13.5 Å². The highest BCUT2D eigenvalue weighted by Crippen LogP contribution is 2.29. The first-order valence-corrected chi connectivity index (χ1v) is 5.51. The molecule has 0 spiro atoms. The molecule has 0 saturated carbocycles. The fourth-order valence-corrected chi connectivity index (χ4v) is 1.62. The minimum Gasteiger partial charge on any atom is -0.508 e. The molecule has 0 fully saturated rings. The zero-order valence-electron chi connectivity index (χ0n) is 9.80. The SMILES string of the molecule is CCCCCC1=C(O)CC(OC)=C(C)O1. The van der Waals surface area contributed by atoms with Gasteiger partial charge in [0, 0.05) is 6.42 Å². The van der Waals surface area contributed by atoms with Crippen molar-refractivity contribution in [2.75, 3.05) is 7.11 Å². The van der Waals surface area contributed by atoms with Crippen molar-refractivity contribution in [3.8, 4) is 0 Å². The maximum atomic E-state index is 9.73. The predicted molar refractivity (Wildman–Crippen MR) is 59.2 cm³/mol. The Morgan fingerprint density at radius 3 is 2.73 bits per heavy atom. The topological polar surface area (TPSA) is 38.7 Å². The van der Waals surface area contributed by atoms with Crippen LogP contribution in [-0.4, -0.2) is 12.2 Å². The molecule has 1 aliphatic heterocycles. The van der Waals surface area contributed by atoms with E-state index in [0.29, 0.717) is 23.7 Å². The van der Waals surface area contributed by atoms with Gasteiger partial charge in [-0.15, -0.1) is 0 Å². The predicted octanol–water partition coefficient (Wildman–Crippen LogP) is 3.63. The van der Waals surface area contributed by atoms with E-state index < -0.39 is 0 Å². The summed E-state index contributed by atoms with van der Waals surface area (Å²) in [7, 11) is 1.59. The van der Waals surface area contributed by atoms with Crippen molar-refractivity contribution in [1.82, 2.24) is 0 Å². The third kappa shape index (κ3) is 3.18. The van der Waals surface area contributed by atoms with Gasteiger partial charge in [-0.1, -0.05) is 19.8 Å². The number of aliphatic hydroxyl groups excluding tert-OH is 1. The third-order valence-corrected chi connectivity index (χ3v) is 2.57. The van der Waals surface area contributed by atoms with Crippen molar-refractivity contribution in [1.29, 1.82) is 0 Å². The van der Waals surface area contributed by atoms with Gasteiger partial charge < -0.3 is 14.6 Å². The van der Waals surface area contributed by atoms with E-state index in [0.717, 1.165) is 18.6 Å². The molecule has 0 saturated heterocycles. The van der Waals surface area contributed by atoms with E-state index in [9.17, 15) is 5.11 Å². The van der Waals surface area contributed by atoms with Crippen LogP contribution in [0, 0.1) is 0 Å². The van der Waals surface area contributed by atoms with E-state index >= 15 is 0 Å². The van der Waals surface area contributed by atoms with Crippen LogP contribution in [0.3, 0.4) is 0 Å². The van der Waals surface area contributed by atoms with Crippen LogP contribution in [0.1, 0.15) is 46.0 Å². The van der Waals surface area contributed by atoms with Gasteiger partial charge >= 0.3 is 0 Å². The number of allylic oxidation sites excluding steroid dienone is 2. The van der Waals surface area contributed by atoms with Gasteiger partial charge in [0.2, 0.25) is 0 Å². The second-order valence-corrected chi connectivity index (χ2v) is 3.79. The van der Waals surface area contributed by atoms with Crippen molar-refractivity contribution < 1.29 is 14.6 Å². The largest absolute Gasteiger partial charge is 0.508 e. The molecule has 15 heavy (non-hydrogen) atoms. The van der Waals surface area contributed by atoms with Crippen LogP contribution in [-0.2, 0) is 9.47 Å². The monoisotopic (exact) mass is 212 g/mol. The fourth-order valence-electron chi connectivity index (χ4n) is 1.62. The smallest absolute Gasteiger partial charge is 0.141 e. The Labute approximate surface area is 91.4 Å². The first-order chi connectivity index (χ1) is 7.19. The maximum absolute atomic E-state index is 9.73. The van der Waals surface area contributed by atoms with Crippen molar-refractivity contribution in [3.63, 3.8) is 0 Å². The molecular formula is C12H20O3. The summed E-state index contributed by atoms with van der Waals surface area (Å²) in [6, 6.07) is 0. The molecule has 0 aliphatic carbocycles. The molecule has 0 radical (unpaired) electrons. The van der Waals surface area contributed by atoms with Gasteiger partial charge in [-0.3, -0.25) is 0 Å². The van der Waals surface area contributed by atoms with Gasteiger partial charge in [-0.2, -0.15) is 0 Å². The lowest BCUT2D eigenvalue weighted by Gasteiger charge is -2.20. The highest BCUT2D eigenvalue weighted by molar-refractivity contribution is 5.18. The lowest BCUT2D eigenvalue weighted by Crippen LogP contribution is -2.08. The van der Waals surface area contributed by atoms with Crippen molar-refractivity contribution in [3.05, 3.63) is 23.0 Å². The summed E-state index contributed by atoms with van der Waals surface area (Å²) in [5, 5.41) is 9.73. The van der Waals surface area contributed by atoms with E-state index in [2.05, 4.69) is 6.92 Å². The molecule has 0 aromatic rings. The van der Waals surface area contributed by atoms with Gasteiger partial charge in [-0.25, -0.2) is 0 Å². The summed E-state index contributed by atoms with van der Waals surface area (Å²) >= 11 is 0. The molecule has 86 valence electrons. The Morgan fingerprint density at radius 2 is 2.13 bits per heavy atom. The third-order valence-electron chi connectivity index (χ3n) is 2.57. The van der Waals surface area contributed by atoms with Crippen LogP contribution in [0.2, 0.25) is 0 Å². The zero-order valence-corrected chi connectivity index (χ0v) is 9.80. The van der Waals surface area contributed by atoms with Crippen LogP contribution in [0.15, 0.2) is 23.0 Å². The van der Waals surface area contributed by atoms with Crippen LogP contribution in [0.25, 0.3) is 0 Å². The first-order valence-electron chi connectivity index (χ1n) is 5.51. The highest BCUT2D eigenvalue weighted by atomic mass is 16.5. The number of ether oxygens (including phenoxy) is 2. The van der Waals surface area contributed by atoms with Gasteiger partial charge in [0.1, 0.15) is 23.0 Å². The minimum atomic E-state index is 0.313. The van der Waals surface area contributed by atoms with Gasteiger partial charge in [0.15, 0.2) is 0 Å². The Hall–Kier alpha value is -1.12. The van der Waals surface area contributed by atoms with Crippen LogP contribution < -0.4 is 0 Å². The van der Waals surface area contributed by atoms with E-state index in [1.807, 2.05) is 6.92 Å². The number of aliphatic hydroxyl groups is 1. The Kier molecular flexibility index (Phi) is 4.53. The maximum Gasteiger partial charge on any atom is 0.141 e.